The van der Waals surface area contributed by atoms with Crippen LogP contribution >= 0.6 is 23.4 Å². The lowest BCUT2D eigenvalue weighted by Gasteiger charge is -2.24. The predicted octanol–water partition coefficient (Wildman–Crippen LogP) is 1.96. The SMILES string of the molecule is CC(=O)N=C1S[C@H]2CS(=O)(=O)C[C@@H]2N1Cc1ccc(Cl)cc1. The van der Waals surface area contributed by atoms with Gasteiger partial charge in [0.25, 0.3) is 0 Å². The molecule has 3 rings (SSSR count). The van der Waals surface area contributed by atoms with Crippen LogP contribution in [0, 0.1) is 0 Å². The van der Waals surface area contributed by atoms with Crippen LogP contribution in [0.5, 0.6) is 0 Å². The van der Waals surface area contributed by atoms with Crippen molar-refractivity contribution in [3.05, 3.63) is 34.9 Å². The number of carbonyl (C=O) groups is 1. The number of nitrogens with zero attached hydrogens (tertiary/aromatic N) is 2. The Labute approximate surface area is 138 Å². The minimum Gasteiger partial charge on any atom is -0.342 e. The van der Waals surface area contributed by atoms with Crippen LogP contribution in [-0.2, 0) is 21.2 Å². The number of rotatable bonds is 2. The minimum atomic E-state index is -3.01. The Hall–Kier alpha value is -1.05. The van der Waals surface area contributed by atoms with Crippen molar-refractivity contribution in [3.8, 4) is 0 Å². The van der Waals surface area contributed by atoms with E-state index < -0.39 is 9.84 Å². The number of hydrogen-bond donors (Lipinski definition) is 0. The van der Waals surface area contributed by atoms with Gasteiger partial charge >= 0.3 is 0 Å². The molecule has 1 amide bonds. The van der Waals surface area contributed by atoms with Gasteiger partial charge in [0, 0.05) is 23.7 Å². The standard InChI is InChI=1S/C14H15ClN2O3S2/c1-9(18)16-14-17(6-10-2-4-11(15)5-3-10)12-7-22(19,20)8-13(12)21-14/h2-5,12-13H,6-8H2,1H3/t12-,13-/m0/s1. The van der Waals surface area contributed by atoms with Crippen molar-refractivity contribution < 1.29 is 13.2 Å². The Bertz CT molecular complexity index is 731. The molecule has 1 aromatic carbocycles. The maximum atomic E-state index is 11.9. The second kappa shape index (κ2) is 5.86. The van der Waals surface area contributed by atoms with Gasteiger partial charge in [-0.25, -0.2) is 8.42 Å². The van der Waals surface area contributed by atoms with Gasteiger partial charge in [0.05, 0.1) is 17.5 Å². The summed E-state index contributed by atoms with van der Waals surface area (Å²) in [5.41, 5.74) is 1.01. The van der Waals surface area contributed by atoms with Gasteiger partial charge in [0.15, 0.2) is 15.0 Å². The number of aliphatic imine (C=N–C) groups is 1. The first kappa shape index (κ1) is 15.8. The van der Waals surface area contributed by atoms with Crippen molar-refractivity contribution in [3.63, 3.8) is 0 Å². The van der Waals surface area contributed by atoms with Gasteiger partial charge in [-0.05, 0) is 17.7 Å². The van der Waals surface area contributed by atoms with Gasteiger partial charge in [-0.3, -0.25) is 4.79 Å². The van der Waals surface area contributed by atoms with Crippen LogP contribution in [-0.4, -0.2) is 47.2 Å². The number of benzene rings is 1. The van der Waals surface area contributed by atoms with Crippen molar-refractivity contribution in [2.24, 2.45) is 4.99 Å². The van der Waals surface area contributed by atoms with Crippen molar-refractivity contribution in [2.75, 3.05) is 11.5 Å². The Balaban J connectivity index is 1.89. The molecule has 2 saturated heterocycles. The molecule has 2 aliphatic rings. The predicted molar refractivity (Wildman–Crippen MR) is 88.9 cm³/mol. The third kappa shape index (κ3) is 3.31. The Kier molecular flexibility index (Phi) is 4.22. The summed E-state index contributed by atoms with van der Waals surface area (Å²) in [6, 6.07) is 7.27. The van der Waals surface area contributed by atoms with Crippen LogP contribution in [0.2, 0.25) is 5.02 Å². The van der Waals surface area contributed by atoms with Gasteiger partial charge in [-0.15, -0.1) is 0 Å². The van der Waals surface area contributed by atoms with Crippen LogP contribution < -0.4 is 0 Å². The van der Waals surface area contributed by atoms with Crippen LogP contribution in [0.25, 0.3) is 0 Å². The Morgan fingerprint density at radius 2 is 2.05 bits per heavy atom. The van der Waals surface area contributed by atoms with Crippen molar-refractivity contribution in [1.29, 1.82) is 0 Å². The second-order valence-electron chi connectivity index (χ2n) is 5.47. The van der Waals surface area contributed by atoms with Crippen LogP contribution in [0.1, 0.15) is 12.5 Å². The van der Waals surface area contributed by atoms with E-state index in [1.165, 1.54) is 18.7 Å². The van der Waals surface area contributed by atoms with E-state index in [1.807, 2.05) is 17.0 Å². The van der Waals surface area contributed by atoms with Gasteiger partial charge in [0.2, 0.25) is 5.91 Å². The first-order valence-corrected chi connectivity index (χ1v) is 9.89. The van der Waals surface area contributed by atoms with E-state index >= 15 is 0 Å². The molecule has 2 fully saturated rings. The summed E-state index contributed by atoms with van der Waals surface area (Å²) in [7, 11) is -3.01. The molecule has 118 valence electrons. The molecule has 0 aliphatic carbocycles. The molecule has 0 spiro atoms. The highest BCUT2D eigenvalue weighted by Crippen LogP contribution is 2.39. The zero-order valence-electron chi connectivity index (χ0n) is 11.9. The molecule has 0 aromatic heterocycles. The van der Waals surface area contributed by atoms with Crippen molar-refractivity contribution >= 4 is 44.3 Å². The highest BCUT2D eigenvalue weighted by atomic mass is 35.5. The van der Waals surface area contributed by atoms with Gasteiger partial charge in [-0.1, -0.05) is 35.5 Å². The quantitative estimate of drug-likeness (QED) is 0.808. The van der Waals surface area contributed by atoms with E-state index in [0.717, 1.165) is 5.56 Å². The fraction of sp³-hybridized carbons (Fsp3) is 0.429. The third-order valence-electron chi connectivity index (χ3n) is 3.69. The number of thioether (sulfide) groups is 1. The normalized spacial score (nSPS) is 28.1. The molecule has 1 aromatic rings. The zero-order valence-corrected chi connectivity index (χ0v) is 14.3. The topological polar surface area (TPSA) is 66.8 Å². The van der Waals surface area contributed by atoms with E-state index in [2.05, 4.69) is 4.99 Å². The molecular weight excluding hydrogens is 344 g/mol. The average molecular weight is 359 g/mol. The lowest BCUT2D eigenvalue weighted by atomic mass is 10.1. The number of carbonyl (C=O) groups excluding carboxylic acids is 1. The monoisotopic (exact) mass is 358 g/mol. The average Bonchev–Trinajstić information content (AvgIpc) is 2.85. The van der Waals surface area contributed by atoms with E-state index in [0.29, 0.717) is 16.7 Å². The van der Waals surface area contributed by atoms with E-state index in [-0.39, 0.29) is 28.7 Å². The fourth-order valence-corrected chi connectivity index (χ4v) is 6.86. The summed E-state index contributed by atoms with van der Waals surface area (Å²) in [6.07, 6.45) is 0. The summed E-state index contributed by atoms with van der Waals surface area (Å²) < 4.78 is 23.7. The highest BCUT2D eigenvalue weighted by Gasteiger charge is 2.48. The molecule has 5 nitrogen and oxygen atoms in total. The number of sulfone groups is 1. The molecule has 22 heavy (non-hydrogen) atoms. The molecule has 0 saturated carbocycles. The number of hydrogen-bond acceptors (Lipinski definition) is 4. The molecule has 2 atom stereocenters. The fourth-order valence-electron chi connectivity index (χ4n) is 2.74. The molecule has 0 unspecified atom stereocenters. The zero-order chi connectivity index (χ0) is 15.9. The lowest BCUT2D eigenvalue weighted by Crippen LogP contribution is -2.37. The van der Waals surface area contributed by atoms with Crippen LogP contribution in [0.3, 0.4) is 0 Å². The van der Waals surface area contributed by atoms with Crippen LogP contribution in [0.15, 0.2) is 29.3 Å². The summed E-state index contributed by atoms with van der Waals surface area (Å²) in [5, 5.41) is 1.22. The largest absolute Gasteiger partial charge is 0.342 e. The molecule has 8 heteroatoms. The van der Waals surface area contributed by atoms with Gasteiger partial charge in [0.1, 0.15) is 0 Å². The third-order valence-corrected chi connectivity index (χ3v) is 7.19. The molecule has 2 heterocycles. The smallest absolute Gasteiger partial charge is 0.244 e. The minimum absolute atomic E-state index is 0.0459. The number of amides is 1. The summed E-state index contributed by atoms with van der Waals surface area (Å²) >= 11 is 7.28. The van der Waals surface area contributed by atoms with Crippen LogP contribution in [0.4, 0.5) is 0 Å². The maximum Gasteiger partial charge on any atom is 0.244 e. The maximum absolute atomic E-state index is 11.9. The Morgan fingerprint density at radius 3 is 2.68 bits per heavy atom. The van der Waals surface area contributed by atoms with Gasteiger partial charge < -0.3 is 4.90 Å². The van der Waals surface area contributed by atoms with Gasteiger partial charge in [-0.2, -0.15) is 4.99 Å². The van der Waals surface area contributed by atoms with E-state index in [4.69, 9.17) is 11.6 Å². The first-order chi connectivity index (χ1) is 10.3. The summed E-state index contributed by atoms with van der Waals surface area (Å²) in [6.45, 7) is 1.92. The molecule has 0 bridgehead atoms. The first-order valence-electron chi connectivity index (χ1n) is 6.81. The van der Waals surface area contributed by atoms with E-state index in [9.17, 15) is 13.2 Å². The molecule has 2 aliphatic heterocycles. The number of fused-ring (bicyclic) bond motifs is 1. The molecule has 0 N–H and O–H groups in total. The molecule has 0 radical (unpaired) electrons. The van der Waals surface area contributed by atoms with E-state index in [1.54, 1.807) is 12.1 Å². The summed E-state index contributed by atoms with van der Waals surface area (Å²) in [4.78, 5) is 17.3. The number of amidine groups is 1. The number of halogens is 1. The summed E-state index contributed by atoms with van der Waals surface area (Å²) in [5.74, 6) is -0.00242. The van der Waals surface area contributed by atoms with Crippen molar-refractivity contribution in [1.82, 2.24) is 4.90 Å². The highest BCUT2D eigenvalue weighted by molar-refractivity contribution is 8.15. The second-order valence-corrected chi connectivity index (χ2v) is 9.26. The molecular formula is C14H15ClN2O3S2. The van der Waals surface area contributed by atoms with Crippen molar-refractivity contribution in [2.45, 2.75) is 24.8 Å². The lowest BCUT2D eigenvalue weighted by molar-refractivity contribution is -0.115. The Morgan fingerprint density at radius 1 is 1.36 bits per heavy atom.